The highest BCUT2D eigenvalue weighted by atomic mass is 28.4. The van der Waals surface area contributed by atoms with Gasteiger partial charge in [0.1, 0.15) is 5.75 Å². The lowest BCUT2D eigenvalue weighted by Gasteiger charge is -2.42. The summed E-state index contributed by atoms with van der Waals surface area (Å²) in [6.07, 6.45) is 2.23. The Morgan fingerprint density at radius 2 is 1.55 bits per heavy atom. The second kappa shape index (κ2) is 9.81. The van der Waals surface area contributed by atoms with Crippen LogP contribution in [0.15, 0.2) is 48.5 Å². The minimum atomic E-state index is -1.90. The molecular formula is C25H39NO2Si. The van der Waals surface area contributed by atoms with Crippen LogP contribution >= 0.6 is 0 Å². The Labute approximate surface area is 179 Å². The predicted molar refractivity (Wildman–Crippen MR) is 128 cm³/mol. The van der Waals surface area contributed by atoms with Crippen molar-refractivity contribution in [3.8, 4) is 5.75 Å². The lowest BCUT2D eigenvalue weighted by atomic mass is 9.97. The van der Waals surface area contributed by atoms with Crippen LogP contribution in [0.2, 0.25) is 18.1 Å². The second-order valence-corrected chi connectivity index (χ2v) is 14.2. The van der Waals surface area contributed by atoms with Crippen molar-refractivity contribution < 1.29 is 9.16 Å². The lowest BCUT2D eigenvalue weighted by molar-refractivity contribution is 0.149. The fourth-order valence-electron chi connectivity index (χ4n) is 3.16. The quantitative estimate of drug-likeness (QED) is 0.436. The highest BCUT2D eigenvalue weighted by molar-refractivity contribution is 6.74. The van der Waals surface area contributed by atoms with Crippen molar-refractivity contribution >= 4 is 14.0 Å². The van der Waals surface area contributed by atoms with Gasteiger partial charge in [0.05, 0.1) is 19.3 Å². The van der Waals surface area contributed by atoms with E-state index in [9.17, 15) is 0 Å². The van der Waals surface area contributed by atoms with E-state index in [1.165, 1.54) is 11.1 Å². The first-order valence-electron chi connectivity index (χ1n) is 10.7. The van der Waals surface area contributed by atoms with Gasteiger partial charge in [-0.1, -0.05) is 63.9 Å². The van der Waals surface area contributed by atoms with Gasteiger partial charge < -0.3 is 14.5 Å². The first kappa shape index (κ1) is 23.5. The molecule has 0 saturated heterocycles. The molecule has 2 unspecified atom stereocenters. The number of nitrogens with one attached hydrogen (secondary N) is 1. The first-order chi connectivity index (χ1) is 13.6. The molecule has 0 aliphatic carbocycles. The van der Waals surface area contributed by atoms with Gasteiger partial charge in [-0.3, -0.25) is 0 Å². The Morgan fingerprint density at radius 1 is 0.966 bits per heavy atom. The maximum Gasteiger partial charge on any atom is 0.192 e. The molecule has 0 saturated carbocycles. The van der Waals surface area contributed by atoms with E-state index in [0.717, 1.165) is 24.3 Å². The van der Waals surface area contributed by atoms with Crippen LogP contribution < -0.4 is 10.1 Å². The first-order valence-corrected chi connectivity index (χ1v) is 13.6. The minimum Gasteiger partial charge on any atom is -0.497 e. The van der Waals surface area contributed by atoms with Crippen molar-refractivity contribution in [1.82, 2.24) is 0 Å². The van der Waals surface area contributed by atoms with Crippen molar-refractivity contribution in [1.29, 1.82) is 0 Å². The summed E-state index contributed by atoms with van der Waals surface area (Å²) >= 11 is 0. The summed E-state index contributed by atoms with van der Waals surface area (Å²) in [7, 11) is -0.207. The highest BCUT2D eigenvalue weighted by Crippen LogP contribution is 2.40. The van der Waals surface area contributed by atoms with Crippen LogP contribution in [0.5, 0.6) is 5.75 Å². The van der Waals surface area contributed by atoms with Crippen molar-refractivity contribution in [3.05, 3.63) is 59.7 Å². The predicted octanol–water partition coefficient (Wildman–Crippen LogP) is 7.35. The standard InChI is InChI=1S/C25H39NO2Si/c1-9-10-23(28-29(7,8)25(3,4)5)24(20-13-11-19(2)12-14-20)26-21-15-17-22(27-6)18-16-21/h11-18,23-24,26H,9-10H2,1-8H3. The van der Waals surface area contributed by atoms with Gasteiger partial charge in [0.15, 0.2) is 8.32 Å². The Bertz CT molecular complexity index is 748. The van der Waals surface area contributed by atoms with E-state index in [1.54, 1.807) is 7.11 Å². The second-order valence-electron chi connectivity index (χ2n) is 9.47. The van der Waals surface area contributed by atoms with Crippen LogP contribution in [0, 0.1) is 6.92 Å². The normalized spacial score (nSPS) is 14.3. The molecule has 29 heavy (non-hydrogen) atoms. The van der Waals surface area contributed by atoms with Gasteiger partial charge in [0, 0.05) is 5.69 Å². The molecule has 0 amide bonds. The van der Waals surface area contributed by atoms with Gasteiger partial charge in [-0.25, -0.2) is 0 Å². The number of ether oxygens (including phenoxy) is 1. The lowest BCUT2D eigenvalue weighted by Crippen LogP contribution is -2.46. The fourth-order valence-corrected chi connectivity index (χ4v) is 4.53. The molecule has 0 bridgehead atoms. The van der Waals surface area contributed by atoms with E-state index in [2.05, 4.69) is 89.4 Å². The Hall–Kier alpha value is -1.78. The third-order valence-electron chi connectivity index (χ3n) is 6.05. The molecule has 0 spiro atoms. The summed E-state index contributed by atoms with van der Waals surface area (Å²) in [6, 6.07) is 17.1. The summed E-state index contributed by atoms with van der Waals surface area (Å²) in [6.45, 7) is 16.0. The van der Waals surface area contributed by atoms with Gasteiger partial charge in [0.25, 0.3) is 0 Å². The maximum absolute atomic E-state index is 6.96. The zero-order chi connectivity index (χ0) is 21.7. The molecule has 0 heterocycles. The summed E-state index contributed by atoms with van der Waals surface area (Å²) < 4.78 is 12.3. The van der Waals surface area contributed by atoms with Gasteiger partial charge in [-0.15, -0.1) is 0 Å². The highest BCUT2D eigenvalue weighted by Gasteiger charge is 2.40. The van der Waals surface area contributed by atoms with E-state index >= 15 is 0 Å². The number of hydrogen-bond acceptors (Lipinski definition) is 3. The van der Waals surface area contributed by atoms with E-state index in [0.29, 0.717) is 0 Å². The summed E-state index contributed by atoms with van der Waals surface area (Å²) in [4.78, 5) is 0. The summed E-state index contributed by atoms with van der Waals surface area (Å²) in [5.74, 6) is 0.866. The summed E-state index contributed by atoms with van der Waals surface area (Å²) in [5.41, 5.74) is 3.62. The molecule has 0 fully saturated rings. The van der Waals surface area contributed by atoms with Gasteiger partial charge in [-0.2, -0.15) is 0 Å². The summed E-state index contributed by atoms with van der Waals surface area (Å²) in [5, 5.41) is 3.94. The van der Waals surface area contributed by atoms with Crippen molar-refractivity contribution in [3.63, 3.8) is 0 Å². The number of rotatable bonds is 9. The van der Waals surface area contributed by atoms with Crippen molar-refractivity contribution in [2.45, 2.75) is 77.7 Å². The van der Waals surface area contributed by atoms with E-state index in [-0.39, 0.29) is 17.2 Å². The maximum atomic E-state index is 6.96. The average Bonchev–Trinajstić information content (AvgIpc) is 2.66. The molecule has 2 atom stereocenters. The number of hydrogen-bond donors (Lipinski definition) is 1. The van der Waals surface area contributed by atoms with E-state index in [4.69, 9.17) is 9.16 Å². The minimum absolute atomic E-state index is 0.0954. The number of methoxy groups -OCH3 is 1. The van der Waals surface area contributed by atoms with Gasteiger partial charge in [0.2, 0.25) is 0 Å². The molecule has 0 aromatic heterocycles. The molecule has 2 aromatic rings. The zero-order valence-electron chi connectivity index (χ0n) is 19.5. The fraction of sp³-hybridized carbons (Fsp3) is 0.520. The topological polar surface area (TPSA) is 30.5 Å². The number of benzene rings is 2. The van der Waals surface area contributed by atoms with Crippen LogP contribution in [0.4, 0.5) is 5.69 Å². The van der Waals surface area contributed by atoms with Gasteiger partial charge >= 0.3 is 0 Å². The van der Waals surface area contributed by atoms with Crippen LogP contribution in [-0.2, 0) is 4.43 Å². The number of aryl methyl sites for hydroxylation is 1. The molecule has 1 N–H and O–H groups in total. The van der Waals surface area contributed by atoms with Gasteiger partial charge in [-0.05, 0) is 61.3 Å². The Morgan fingerprint density at radius 3 is 2.03 bits per heavy atom. The number of anilines is 1. The molecule has 0 radical (unpaired) electrons. The Kier molecular flexibility index (Phi) is 7.95. The molecule has 2 rings (SSSR count). The average molecular weight is 414 g/mol. The molecule has 0 aliphatic heterocycles. The zero-order valence-corrected chi connectivity index (χ0v) is 20.5. The van der Waals surface area contributed by atoms with Crippen molar-refractivity contribution in [2.24, 2.45) is 0 Å². The molecular weight excluding hydrogens is 374 g/mol. The monoisotopic (exact) mass is 413 g/mol. The van der Waals surface area contributed by atoms with E-state index < -0.39 is 8.32 Å². The molecule has 2 aromatic carbocycles. The molecule has 160 valence electrons. The van der Waals surface area contributed by atoms with Crippen LogP contribution in [0.3, 0.4) is 0 Å². The molecule has 4 heteroatoms. The van der Waals surface area contributed by atoms with Crippen LogP contribution in [0.1, 0.15) is 57.7 Å². The van der Waals surface area contributed by atoms with Crippen molar-refractivity contribution in [2.75, 3.05) is 12.4 Å². The van der Waals surface area contributed by atoms with Crippen LogP contribution in [0.25, 0.3) is 0 Å². The van der Waals surface area contributed by atoms with Crippen LogP contribution in [-0.4, -0.2) is 21.5 Å². The van der Waals surface area contributed by atoms with E-state index in [1.807, 2.05) is 12.1 Å². The third-order valence-corrected chi connectivity index (χ3v) is 10.6. The molecule has 3 nitrogen and oxygen atoms in total. The third kappa shape index (κ3) is 6.35. The smallest absolute Gasteiger partial charge is 0.192 e. The SMILES string of the molecule is CCCC(O[Si](C)(C)C(C)(C)C)C(Nc1ccc(OC)cc1)c1ccc(C)cc1. The Balaban J connectivity index is 2.39. The largest absolute Gasteiger partial charge is 0.497 e. The molecule has 0 aliphatic rings.